The molecule has 5 N–H and O–H groups in total. The van der Waals surface area contributed by atoms with Crippen LogP contribution in [0.25, 0.3) is 0 Å². The lowest BCUT2D eigenvalue weighted by Crippen LogP contribution is -2.19. The van der Waals surface area contributed by atoms with E-state index in [2.05, 4.69) is 56.3 Å². The molecule has 0 saturated heterocycles. The highest BCUT2D eigenvalue weighted by Crippen LogP contribution is 2.20. The Morgan fingerprint density at radius 2 is 0.942 bits per heavy atom. The lowest BCUT2D eigenvalue weighted by molar-refractivity contribution is -0.117. The number of benzene rings is 1. The molecule has 3 rings (SSSR count). The van der Waals surface area contributed by atoms with Crippen LogP contribution in [0.4, 0.5) is 29.0 Å². The summed E-state index contributed by atoms with van der Waals surface area (Å²) in [5.74, 6) is 1.62. The molecule has 2 aromatic heterocycles. The number of carbonyl (C=O) groups excluding carboxylic acids is 5. The molecule has 52 heavy (non-hydrogen) atoms. The van der Waals surface area contributed by atoms with Crippen LogP contribution in [0.3, 0.4) is 0 Å². The fraction of sp³-hybridized carbons (Fsp3) is 0.425. The van der Waals surface area contributed by atoms with Gasteiger partial charge in [-0.2, -0.15) is 0 Å². The van der Waals surface area contributed by atoms with Crippen LogP contribution in [0.1, 0.15) is 131 Å². The van der Waals surface area contributed by atoms with E-state index in [9.17, 15) is 24.0 Å². The van der Waals surface area contributed by atoms with E-state index in [4.69, 9.17) is 6.42 Å². The summed E-state index contributed by atoms with van der Waals surface area (Å²) in [6.07, 6.45) is 17.4. The second-order valence-electron chi connectivity index (χ2n) is 12.6. The number of unbranched alkanes of at least 4 members (excludes halogenated alkanes) is 9. The molecule has 2 heterocycles. The summed E-state index contributed by atoms with van der Waals surface area (Å²) >= 11 is 0. The molecule has 0 aliphatic heterocycles. The molecule has 276 valence electrons. The average Bonchev–Trinajstić information content (AvgIpc) is 3.11. The van der Waals surface area contributed by atoms with Gasteiger partial charge in [0.1, 0.15) is 23.3 Å². The molecule has 3 aromatic rings. The predicted octanol–water partition coefficient (Wildman–Crippen LogP) is 8.32. The van der Waals surface area contributed by atoms with Gasteiger partial charge in [0.15, 0.2) is 0 Å². The van der Waals surface area contributed by atoms with Crippen molar-refractivity contribution < 1.29 is 24.0 Å². The Kier molecular flexibility index (Phi) is 18.1. The molecule has 0 atom stereocenters. The van der Waals surface area contributed by atoms with E-state index in [0.717, 1.165) is 64.2 Å². The molecule has 0 bridgehead atoms. The molecule has 0 unspecified atom stereocenters. The Balaban J connectivity index is 1.73. The Bertz CT molecular complexity index is 1600. The highest BCUT2D eigenvalue weighted by Gasteiger charge is 2.17. The normalized spacial score (nSPS) is 10.5. The average molecular weight is 710 g/mol. The minimum Gasteiger partial charge on any atom is -0.326 e. The van der Waals surface area contributed by atoms with Crippen LogP contribution >= 0.6 is 0 Å². The Morgan fingerprint density at radius 3 is 1.38 bits per heavy atom. The summed E-state index contributed by atoms with van der Waals surface area (Å²) in [5.41, 5.74) is 0.370. The van der Waals surface area contributed by atoms with Gasteiger partial charge >= 0.3 is 0 Å². The summed E-state index contributed by atoms with van der Waals surface area (Å²) in [6, 6.07) is 14.0. The van der Waals surface area contributed by atoms with E-state index < -0.39 is 11.8 Å². The third-order valence-corrected chi connectivity index (χ3v) is 8.00. The van der Waals surface area contributed by atoms with Crippen LogP contribution < -0.4 is 26.6 Å². The van der Waals surface area contributed by atoms with Crippen molar-refractivity contribution in [3.8, 4) is 12.3 Å². The molecule has 5 amide bonds. The van der Waals surface area contributed by atoms with Crippen LogP contribution in [0.5, 0.6) is 0 Å². The maximum Gasteiger partial charge on any atom is 0.256 e. The number of amides is 5. The molecular formula is C40H51N7O5. The zero-order chi connectivity index (χ0) is 37.6. The van der Waals surface area contributed by atoms with E-state index in [1.807, 2.05) is 0 Å². The van der Waals surface area contributed by atoms with Crippen LogP contribution in [-0.2, 0) is 14.4 Å². The molecule has 12 heteroatoms. The molecule has 0 aliphatic rings. The van der Waals surface area contributed by atoms with Crippen molar-refractivity contribution in [2.75, 3.05) is 26.6 Å². The molecule has 0 aliphatic carbocycles. The van der Waals surface area contributed by atoms with Crippen LogP contribution in [0.15, 0.2) is 54.6 Å². The lowest BCUT2D eigenvalue weighted by atomic mass is 10.1. The predicted molar refractivity (Wildman–Crippen MR) is 206 cm³/mol. The van der Waals surface area contributed by atoms with Crippen molar-refractivity contribution in [1.82, 2.24) is 9.97 Å². The summed E-state index contributed by atoms with van der Waals surface area (Å²) in [6.45, 7) is 4.27. The number of terminal acetylenes is 1. The zero-order valence-corrected chi connectivity index (χ0v) is 30.3. The van der Waals surface area contributed by atoms with Gasteiger partial charge in [0.05, 0.1) is 0 Å². The molecule has 12 nitrogen and oxygen atoms in total. The van der Waals surface area contributed by atoms with Crippen molar-refractivity contribution in [3.63, 3.8) is 0 Å². The van der Waals surface area contributed by atoms with Crippen LogP contribution in [-0.4, -0.2) is 39.5 Å². The number of nitrogens with one attached hydrogen (secondary N) is 5. The summed E-state index contributed by atoms with van der Waals surface area (Å²) in [5, 5.41) is 13.7. The third-order valence-electron chi connectivity index (χ3n) is 8.00. The maximum absolute atomic E-state index is 13.5. The van der Waals surface area contributed by atoms with Gasteiger partial charge in [0.25, 0.3) is 11.8 Å². The number of hydrogen-bond acceptors (Lipinski definition) is 7. The monoisotopic (exact) mass is 709 g/mol. The van der Waals surface area contributed by atoms with Gasteiger partial charge in [-0.25, -0.2) is 9.97 Å². The number of nitrogens with zero attached hydrogens (tertiary/aromatic N) is 2. The summed E-state index contributed by atoms with van der Waals surface area (Å²) in [4.78, 5) is 73.1. The van der Waals surface area contributed by atoms with Gasteiger partial charge in [-0.1, -0.05) is 77.3 Å². The number of anilines is 5. The van der Waals surface area contributed by atoms with E-state index in [-0.39, 0.29) is 52.6 Å². The molecule has 0 spiro atoms. The first-order valence-corrected chi connectivity index (χ1v) is 18.3. The van der Waals surface area contributed by atoms with E-state index in [1.165, 1.54) is 18.2 Å². The highest BCUT2D eigenvalue weighted by molar-refractivity contribution is 6.10. The third kappa shape index (κ3) is 15.5. The molecule has 0 fully saturated rings. The van der Waals surface area contributed by atoms with E-state index >= 15 is 0 Å². The Morgan fingerprint density at radius 1 is 0.538 bits per heavy atom. The standard InChI is InChI=1S/C40H51N7O5/c1-4-7-10-12-15-24-37(49)44-32-19-17-21-34(42-32)46-39(51)29-26-30(28-31(27-29)41-36(48)23-14-9-6-3)40(52)47-35-22-18-20-33(43-35)45-38(50)25-16-13-11-8-5-2/h3,17-22,26-28H,4-5,7-16,23-25H2,1-2H3,(H,41,48)(H2,42,44,46,49,51)(H2,43,45,47,50,52). The minimum atomic E-state index is -0.595. The van der Waals surface area contributed by atoms with Crippen molar-refractivity contribution in [2.45, 2.75) is 110 Å². The SMILES string of the molecule is C#CCCCC(=O)Nc1cc(C(=O)Nc2cccc(NC(=O)CCCCCCC)n2)cc(C(=O)Nc2cccc(NC(=O)CCCCCCC)n2)c1. The zero-order valence-electron chi connectivity index (χ0n) is 30.3. The minimum absolute atomic E-state index is 0.0720. The van der Waals surface area contributed by atoms with Gasteiger partial charge in [-0.3, -0.25) is 24.0 Å². The largest absolute Gasteiger partial charge is 0.326 e. The van der Waals surface area contributed by atoms with Crippen LogP contribution in [0, 0.1) is 12.3 Å². The maximum atomic E-state index is 13.5. The smallest absolute Gasteiger partial charge is 0.256 e. The van der Waals surface area contributed by atoms with Gasteiger partial charge in [-0.15, -0.1) is 12.3 Å². The number of carbonyl (C=O) groups is 5. The van der Waals surface area contributed by atoms with Crippen molar-refractivity contribution in [2.24, 2.45) is 0 Å². The van der Waals surface area contributed by atoms with Crippen molar-refractivity contribution >= 4 is 58.5 Å². The number of aromatic nitrogens is 2. The van der Waals surface area contributed by atoms with E-state index in [0.29, 0.717) is 37.3 Å². The molecule has 0 saturated carbocycles. The second-order valence-corrected chi connectivity index (χ2v) is 12.6. The second kappa shape index (κ2) is 23.0. The first kappa shape index (κ1) is 40.9. The summed E-state index contributed by atoms with van der Waals surface area (Å²) < 4.78 is 0. The number of rotatable bonds is 22. The molecule has 1 aromatic carbocycles. The van der Waals surface area contributed by atoms with Gasteiger partial charge in [-0.05, 0) is 61.7 Å². The van der Waals surface area contributed by atoms with Crippen LogP contribution in [0.2, 0.25) is 0 Å². The first-order chi connectivity index (χ1) is 25.2. The quantitative estimate of drug-likeness (QED) is 0.0516. The first-order valence-electron chi connectivity index (χ1n) is 18.3. The van der Waals surface area contributed by atoms with Crippen molar-refractivity contribution in [3.05, 3.63) is 65.7 Å². The number of pyridine rings is 2. The summed E-state index contributed by atoms with van der Waals surface area (Å²) in [7, 11) is 0. The molecule has 0 radical (unpaired) electrons. The van der Waals surface area contributed by atoms with Gasteiger partial charge in [0, 0.05) is 42.5 Å². The van der Waals surface area contributed by atoms with E-state index in [1.54, 1.807) is 36.4 Å². The van der Waals surface area contributed by atoms with Crippen molar-refractivity contribution in [1.29, 1.82) is 0 Å². The Labute approximate surface area is 306 Å². The highest BCUT2D eigenvalue weighted by atomic mass is 16.2. The lowest BCUT2D eigenvalue weighted by Gasteiger charge is -2.13. The number of hydrogen-bond donors (Lipinski definition) is 5. The molecular weight excluding hydrogens is 658 g/mol. The fourth-order valence-corrected chi connectivity index (χ4v) is 5.25. The van der Waals surface area contributed by atoms with Gasteiger partial charge in [0.2, 0.25) is 17.7 Å². The van der Waals surface area contributed by atoms with Gasteiger partial charge < -0.3 is 26.6 Å². The topological polar surface area (TPSA) is 171 Å². The fourth-order valence-electron chi connectivity index (χ4n) is 5.25. The Hall–Kier alpha value is -5.57.